The Hall–Kier alpha value is -1.86. The molecular weight excluding hydrogens is 302 g/mol. The van der Waals surface area contributed by atoms with E-state index in [2.05, 4.69) is 15.6 Å². The third-order valence-corrected chi connectivity index (χ3v) is 3.96. The molecule has 2 heterocycles. The minimum absolute atomic E-state index is 0.161. The number of hydrogen-bond acceptors (Lipinski definition) is 5. The highest BCUT2D eigenvalue weighted by atomic mass is 32.1. The van der Waals surface area contributed by atoms with E-state index in [0.717, 1.165) is 16.5 Å². The topological polar surface area (TPSA) is 76.4 Å². The summed E-state index contributed by atoms with van der Waals surface area (Å²) in [7, 11) is 1.59. The fraction of sp³-hybridized carbons (Fsp3) is 0.467. The van der Waals surface area contributed by atoms with Crippen LogP contribution in [0.3, 0.4) is 0 Å². The van der Waals surface area contributed by atoms with Crippen molar-refractivity contribution in [2.45, 2.75) is 32.9 Å². The largest absolute Gasteiger partial charge is 0.464 e. The van der Waals surface area contributed by atoms with Gasteiger partial charge < -0.3 is 19.8 Å². The van der Waals surface area contributed by atoms with Crippen LogP contribution in [-0.4, -0.2) is 24.7 Å². The van der Waals surface area contributed by atoms with Crippen LogP contribution in [0.15, 0.2) is 21.9 Å². The first-order chi connectivity index (χ1) is 10.5. The lowest BCUT2D eigenvalue weighted by Crippen LogP contribution is -2.40. The molecule has 120 valence electrons. The standard InChI is InChI=1S/C15H21N3O3S/c1-9-5-6-14(21-9)12(7-20-4)18-15(19)16-10(2)13-8-22-11(3)17-13/h5-6,8,10,12H,7H2,1-4H3,(H2,16,18,19)/t10-,12+/m1/s1. The summed E-state index contributed by atoms with van der Waals surface area (Å²) >= 11 is 1.56. The summed E-state index contributed by atoms with van der Waals surface area (Å²) < 4.78 is 10.7. The molecule has 0 bridgehead atoms. The van der Waals surface area contributed by atoms with Crippen molar-refractivity contribution >= 4 is 17.4 Å². The van der Waals surface area contributed by atoms with E-state index in [4.69, 9.17) is 9.15 Å². The first-order valence-corrected chi connectivity index (χ1v) is 7.92. The number of hydrogen-bond donors (Lipinski definition) is 2. The molecule has 0 radical (unpaired) electrons. The monoisotopic (exact) mass is 323 g/mol. The van der Waals surface area contributed by atoms with E-state index >= 15 is 0 Å². The minimum atomic E-state index is -0.330. The maximum atomic E-state index is 12.2. The Kier molecular flexibility index (Phi) is 5.57. The average Bonchev–Trinajstić information content (AvgIpc) is 3.07. The van der Waals surface area contributed by atoms with Crippen LogP contribution in [-0.2, 0) is 4.74 Å². The molecule has 0 fully saturated rings. The Labute approximate surface area is 133 Å². The van der Waals surface area contributed by atoms with E-state index in [0.29, 0.717) is 12.4 Å². The van der Waals surface area contributed by atoms with Crippen LogP contribution in [0.4, 0.5) is 4.79 Å². The lowest BCUT2D eigenvalue weighted by molar-refractivity contribution is 0.156. The molecule has 0 spiro atoms. The second-order valence-electron chi connectivity index (χ2n) is 5.09. The van der Waals surface area contributed by atoms with Crippen LogP contribution in [0.5, 0.6) is 0 Å². The van der Waals surface area contributed by atoms with Crippen LogP contribution >= 0.6 is 11.3 Å². The number of rotatable bonds is 6. The molecule has 22 heavy (non-hydrogen) atoms. The Bertz CT molecular complexity index is 623. The summed E-state index contributed by atoms with van der Waals surface area (Å²) in [5.41, 5.74) is 0.856. The number of methoxy groups -OCH3 is 1. The van der Waals surface area contributed by atoms with Crippen molar-refractivity contribution in [1.82, 2.24) is 15.6 Å². The Morgan fingerprint density at radius 3 is 2.73 bits per heavy atom. The van der Waals surface area contributed by atoms with Crippen molar-refractivity contribution in [2.24, 2.45) is 0 Å². The van der Waals surface area contributed by atoms with Crippen molar-refractivity contribution in [3.63, 3.8) is 0 Å². The molecule has 0 aliphatic rings. The lowest BCUT2D eigenvalue weighted by atomic mass is 10.2. The predicted octanol–water partition coefficient (Wildman–Crippen LogP) is 3.10. The quantitative estimate of drug-likeness (QED) is 0.856. The van der Waals surface area contributed by atoms with E-state index < -0.39 is 0 Å². The molecule has 2 aromatic heterocycles. The number of ether oxygens (including phenoxy) is 1. The van der Waals surface area contributed by atoms with E-state index in [1.54, 1.807) is 18.4 Å². The third kappa shape index (κ3) is 4.32. The average molecular weight is 323 g/mol. The maximum Gasteiger partial charge on any atom is 0.315 e. The van der Waals surface area contributed by atoms with Crippen molar-refractivity contribution in [2.75, 3.05) is 13.7 Å². The molecule has 2 N–H and O–H groups in total. The van der Waals surface area contributed by atoms with Gasteiger partial charge in [-0.05, 0) is 32.9 Å². The first kappa shape index (κ1) is 16.5. The van der Waals surface area contributed by atoms with Crippen LogP contribution in [0.2, 0.25) is 0 Å². The van der Waals surface area contributed by atoms with Gasteiger partial charge in [0.05, 0.1) is 23.4 Å². The molecule has 0 unspecified atom stereocenters. The zero-order valence-electron chi connectivity index (χ0n) is 13.2. The molecule has 2 aromatic rings. The first-order valence-electron chi connectivity index (χ1n) is 7.04. The number of nitrogens with zero attached hydrogens (tertiary/aromatic N) is 1. The van der Waals surface area contributed by atoms with Crippen LogP contribution in [0, 0.1) is 13.8 Å². The summed E-state index contributed by atoms with van der Waals surface area (Å²) in [5.74, 6) is 1.47. The molecule has 6 nitrogen and oxygen atoms in total. The number of aryl methyl sites for hydroxylation is 2. The molecule has 0 aromatic carbocycles. The highest BCUT2D eigenvalue weighted by Crippen LogP contribution is 2.18. The number of amides is 2. The molecule has 0 aliphatic heterocycles. The molecule has 7 heteroatoms. The lowest BCUT2D eigenvalue weighted by Gasteiger charge is -2.18. The minimum Gasteiger partial charge on any atom is -0.464 e. The van der Waals surface area contributed by atoms with E-state index in [1.165, 1.54) is 0 Å². The Morgan fingerprint density at radius 1 is 1.41 bits per heavy atom. The molecule has 0 saturated heterocycles. The van der Waals surface area contributed by atoms with Gasteiger partial charge in [0.25, 0.3) is 0 Å². The van der Waals surface area contributed by atoms with Crippen molar-refractivity contribution in [3.8, 4) is 0 Å². The highest BCUT2D eigenvalue weighted by molar-refractivity contribution is 7.09. The van der Waals surface area contributed by atoms with E-state index in [-0.39, 0.29) is 18.1 Å². The van der Waals surface area contributed by atoms with Gasteiger partial charge in [-0.3, -0.25) is 0 Å². The smallest absolute Gasteiger partial charge is 0.315 e. The van der Waals surface area contributed by atoms with Gasteiger partial charge in [0, 0.05) is 12.5 Å². The van der Waals surface area contributed by atoms with Crippen LogP contribution in [0.25, 0.3) is 0 Å². The fourth-order valence-electron chi connectivity index (χ4n) is 2.05. The van der Waals surface area contributed by atoms with Gasteiger partial charge in [-0.2, -0.15) is 0 Å². The number of nitrogens with one attached hydrogen (secondary N) is 2. The van der Waals surface area contributed by atoms with Gasteiger partial charge in [0.1, 0.15) is 17.6 Å². The number of urea groups is 1. The molecule has 2 amide bonds. The van der Waals surface area contributed by atoms with Gasteiger partial charge in [-0.25, -0.2) is 9.78 Å². The van der Waals surface area contributed by atoms with Crippen LogP contribution < -0.4 is 10.6 Å². The van der Waals surface area contributed by atoms with Gasteiger partial charge in [0.2, 0.25) is 0 Å². The summed E-state index contributed by atoms with van der Waals surface area (Å²) in [4.78, 5) is 16.5. The van der Waals surface area contributed by atoms with E-state index in [1.807, 2.05) is 38.3 Å². The van der Waals surface area contributed by atoms with Crippen LogP contribution in [0.1, 0.15) is 41.2 Å². The number of carbonyl (C=O) groups excluding carboxylic acids is 1. The number of thiazole rings is 1. The van der Waals surface area contributed by atoms with Crippen molar-refractivity contribution in [1.29, 1.82) is 0 Å². The van der Waals surface area contributed by atoms with Crippen molar-refractivity contribution in [3.05, 3.63) is 39.7 Å². The van der Waals surface area contributed by atoms with Gasteiger partial charge in [-0.15, -0.1) is 11.3 Å². The SMILES string of the molecule is COC[C@H](NC(=O)N[C@H](C)c1csc(C)n1)c1ccc(C)o1. The molecule has 0 aliphatic carbocycles. The number of aromatic nitrogens is 1. The number of furan rings is 1. The molecule has 0 saturated carbocycles. The predicted molar refractivity (Wildman–Crippen MR) is 85.0 cm³/mol. The summed E-state index contributed by atoms with van der Waals surface area (Å²) in [5, 5.41) is 8.66. The van der Waals surface area contributed by atoms with Gasteiger partial charge in [0.15, 0.2) is 0 Å². The van der Waals surface area contributed by atoms with E-state index in [9.17, 15) is 4.79 Å². The maximum absolute atomic E-state index is 12.2. The normalized spacial score (nSPS) is 13.6. The summed E-state index contributed by atoms with van der Waals surface area (Å²) in [6.45, 7) is 6.04. The summed E-state index contributed by atoms with van der Waals surface area (Å²) in [6.07, 6.45) is 0. The van der Waals surface area contributed by atoms with Gasteiger partial charge >= 0.3 is 6.03 Å². The Morgan fingerprint density at radius 2 is 2.18 bits per heavy atom. The fourth-order valence-corrected chi connectivity index (χ4v) is 2.76. The number of carbonyl (C=O) groups is 1. The second kappa shape index (κ2) is 7.42. The molecule has 2 rings (SSSR count). The second-order valence-corrected chi connectivity index (χ2v) is 6.15. The third-order valence-electron chi connectivity index (χ3n) is 3.17. The van der Waals surface area contributed by atoms with Crippen molar-refractivity contribution < 1.29 is 13.9 Å². The molecule has 2 atom stereocenters. The zero-order chi connectivity index (χ0) is 16.1. The van der Waals surface area contributed by atoms with Gasteiger partial charge in [-0.1, -0.05) is 0 Å². The zero-order valence-corrected chi connectivity index (χ0v) is 14.0. The molecular formula is C15H21N3O3S. The summed E-state index contributed by atoms with van der Waals surface area (Å²) in [6, 6.07) is 2.92. The Balaban J connectivity index is 1.96. The highest BCUT2D eigenvalue weighted by Gasteiger charge is 2.19.